The van der Waals surface area contributed by atoms with E-state index in [-0.39, 0.29) is 64.3 Å². The van der Waals surface area contributed by atoms with E-state index in [4.69, 9.17) is 9.47 Å². The Morgan fingerprint density at radius 2 is 1.86 bits per heavy atom. The number of methoxy groups -OCH3 is 1. The Labute approximate surface area is 200 Å². The number of phenolic OH excluding ortho intramolecular Hbond substituents is 3. The summed E-state index contributed by atoms with van der Waals surface area (Å²) < 4.78 is 10.9. The fraction of sp³-hybridized carbons (Fsp3) is 0.240. The number of nitro benzene ring substituents is 1. The fourth-order valence-corrected chi connectivity index (χ4v) is 4.00. The van der Waals surface area contributed by atoms with Crippen molar-refractivity contribution in [3.05, 3.63) is 80.9 Å². The molecule has 10 heteroatoms. The van der Waals surface area contributed by atoms with Gasteiger partial charge in [-0.3, -0.25) is 14.9 Å². The van der Waals surface area contributed by atoms with Crippen LogP contribution in [0.3, 0.4) is 0 Å². The van der Waals surface area contributed by atoms with Crippen molar-refractivity contribution < 1.29 is 34.5 Å². The number of rotatable bonds is 8. The number of ether oxygens (including phenoxy) is 2. The molecule has 1 aliphatic heterocycles. The number of nitro groups is 1. The van der Waals surface area contributed by atoms with Crippen LogP contribution in [0.4, 0.5) is 5.69 Å². The summed E-state index contributed by atoms with van der Waals surface area (Å²) in [5, 5.41) is 45.1. The van der Waals surface area contributed by atoms with Crippen LogP contribution in [0.5, 0.6) is 28.7 Å². The zero-order chi connectivity index (χ0) is 25.1. The molecule has 0 aliphatic carbocycles. The van der Waals surface area contributed by atoms with Crippen LogP contribution >= 0.6 is 0 Å². The number of Topliss-reactive ketones (excluding diaryl/α,β-unsaturated/α-hetero) is 1. The van der Waals surface area contributed by atoms with Crippen LogP contribution in [0.2, 0.25) is 0 Å². The molecule has 0 radical (unpaired) electrons. The second kappa shape index (κ2) is 9.90. The summed E-state index contributed by atoms with van der Waals surface area (Å²) in [4.78, 5) is 23.2. The highest BCUT2D eigenvalue weighted by molar-refractivity contribution is 6.03. The molecule has 0 amide bonds. The van der Waals surface area contributed by atoms with Gasteiger partial charge in [-0.25, -0.2) is 0 Å². The van der Waals surface area contributed by atoms with Crippen LogP contribution in [-0.2, 0) is 13.0 Å². The minimum atomic E-state index is -0.698. The van der Waals surface area contributed by atoms with E-state index in [1.165, 1.54) is 31.4 Å². The van der Waals surface area contributed by atoms with Crippen LogP contribution in [0, 0.1) is 10.1 Å². The first-order chi connectivity index (χ1) is 16.8. The molecule has 4 N–H and O–H groups in total. The minimum Gasteiger partial charge on any atom is -0.507 e. The first-order valence-corrected chi connectivity index (χ1v) is 10.9. The molecule has 182 valence electrons. The number of non-ortho nitro benzene ring substituents is 1. The number of nitrogens with one attached hydrogen (secondary N) is 1. The topological polar surface area (TPSA) is 151 Å². The van der Waals surface area contributed by atoms with E-state index in [9.17, 15) is 30.2 Å². The van der Waals surface area contributed by atoms with E-state index >= 15 is 0 Å². The number of nitrogens with zero attached hydrogens (tertiary/aromatic N) is 1. The SMILES string of the molecule is COc1ccc([C@@H]2CC(=O)c3c(cc(O)c(CNCCc4ccc([N+](=O)[O-])cc4)c3O)O2)cc1O. The Balaban J connectivity index is 1.44. The van der Waals surface area contributed by atoms with Crippen molar-refractivity contribution in [2.24, 2.45) is 0 Å². The van der Waals surface area contributed by atoms with Gasteiger partial charge in [0.25, 0.3) is 5.69 Å². The van der Waals surface area contributed by atoms with Crippen molar-refractivity contribution in [1.29, 1.82) is 0 Å². The van der Waals surface area contributed by atoms with Crippen molar-refractivity contribution in [3.63, 3.8) is 0 Å². The number of aromatic hydroxyl groups is 3. The molecule has 1 aliphatic rings. The predicted octanol–water partition coefficient (Wildman–Crippen LogP) is 3.76. The smallest absolute Gasteiger partial charge is 0.269 e. The number of carbonyl (C=O) groups excluding carboxylic acids is 1. The van der Waals surface area contributed by atoms with Crippen molar-refractivity contribution >= 4 is 11.5 Å². The minimum absolute atomic E-state index is 0.00366. The number of hydrogen-bond acceptors (Lipinski definition) is 9. The fourth-order valence-electron chi connectivity index (χ4n) is 4.00. The Bertz CT molecular complexity index is 1270. The van der Waals surface area contributed by atoms with Crippen LogP contribution in [-0.4, -0.2) is 39.7 Å². The van der Waals surface area contributed by atoms with Gasteiger partial charge in [0.15, 0.2) is 17.3 Å². The standard InChI is InChI=1S/C25H24N2O8/c1-34-21-7-4-15(10-19(21)29)22-12-20(30)24-23(35-22)11-18(28)17(25(24)31)13-26-9-8-14-2-5-16(6-3-14)27(32)33/h2-7,10-11,22,26,28-29,31H,8-9,12-13H2,1H3/t22-/m0/s1. The molecule has 0 unspecified atom stereocenters. The van der Waals surface area contributed by atoms with E-state index in [1.807, 2.05) is 0 Å². The van der Waals surface area contributed by atoms with Crippen molar-refractivity contribution in [2.75, 3.05) is 13.7 Å². The van der Waals surface area contributed by atoms with Crippen LogP contribution in [0.25, 0.3) is 0 Å². The molecule has 0 spiro atoms. The quantitative estimate of drug-likeness (QED) is 0.214. The third-order valence-electron chi connectivity index (χ3n) is 5.88. The molecule has 1 heterocycles. The van der Waals surface area contributed by atoms with E-state index in [0.29, 0.717) is 18.5 Å². The van der Waals surface area contributed by atoms with Crippen molar-refractivity contribution in [1.82, 2.24) is 5.32 Å². The molecule has 0 fully saturated rings. The average Bonchev–Trinajstić information content (AvgIpc) is 2.83. The molecule has 3 aromatic rings. The summed E-state index contributed by atoms with van der Waals surface area (Å²) in [5.74, 6) is -0.661. The van der Waals surface area contributed by atoms with Gasteiger partial charge in [0.05, 0.1) is 24.0 Å². The average molecular weight is 480 g/mol. The molecule has 35 heavy (non-hydrogen) atoms. The zero-order valence-corrected chi connectivity index (χ0v) is 18.9. The molecule has 4 rings (SSSR count). The summed E-state index contributed by atoms with van der Waals surface area (Å²) in [7, 11) is 1.43. The van der Waals surface area contributed by atoms with Crippen LogP contribution in [0.1, 0.15) is 39.6 Å². The highest BCUT2D eigenvalue weighted by Crippen LogP contribution is 2.45. The maximum absolute atomic E-state index is 12.9. The van der Waals surface area contributed by atoms with Gasteiger partial charge in [-0.1, -0.05) is 18.2 Å². The highest BCUT2D eigenvalue weighted by Gasteiger charge is 2.33. The third-order valence-corrected chi connectivity index (χ3v) is 5.88. The van der Waals surface area contributed by atoms with Gasteiger partial charge < -0.3 is 30.1 Å². The van der Waals surface area contributed by atoms with Gasteiger partial charge in [-0.2, -0.15) is 0 Å². The summed E-state index contributed by atoms with van der Waals surface area (Å²) >= 11 is 0. The van der Waals surface area contributed by atoms with Crippen molar-refractivity contribution in [3.8, 4) is 28.7 Å². The lowest BCUT2D eigenvalue weighted by molar-refractivity contribution is -0.384. The number of carbonyl (C=O) groups is 1. The molecule has 0 aromatic heterocycles. The highest BCUT2D eigenvalue weighted by atomic mass is 16.6. The molecular weight excluding hydrogens is 456 g/mol. The summed E-state index contributed by atoms with van der Waals surface area (Å²) in [6, 6.07) is 12.2. The van der Waals surface area contributed by atoms with Gasteiger partial charge >= 0.3 is 0 Å². The van der Waals surface area contributed by atoms with Gasteiger partial charge in [0.1, 0.15) is 28.9 Å². The maximum atomic E-state index is 12.9. The summed E-state index contributed by atoms with van der Waals surface area (Å²) in [5.41, 5.74) is 1.64. The van der Waals surface area contributed by atoms with Crippen LogP contribution in [0.15, 0.2) is 48.5 Å². The number of phenols is 3. The first-order valence-electron chi connectivity index (χ1n) is 10.9. The first kappa shape index (κ1) is 23.8. The second-order valence-corrected chi connectivity index (χ2v) is 8.11. The van der Waals surface area contributed by atoms with Gasteiger partial charge in [0, 0.05) is 24.7 Å². The molecule has 0 bridgehead atoms. The van der Waals surface area contributed by atoms with E-state index in [1.54, 1.807) is 24.3 Å². The van der Waals surface area contributed by atoms with Gasteiger partial charge in [-0.05, 0) is 36.2 Å². The number of fused-ring (bicyclic) bond motifs is 1. The van der Waals surface area contributed by atoms with Gasteiger partial charge in [-0.15, -0.1) is 0 Å². The van der Waals surface area contributed by atoms with Crippen LogP contribution < -0.4 is 14.8 Å². The second-order valence-electron chi connectivity index (χ2n) is 8.11. The summed E-state index contributed by atoms with van der Waals surface area (Å²) in [6.45, 7) is 0.572. The monoisotopic (exact) mass is 480 g/mol. The van der Waals surface area contributed by atoms with E-state index < -0.39 is 11.0 Å². The van der Waals surface area contributed by atoms with E-state index in [0.717, 1.165) is 5.56 Å². The molecular formula is C25H24N2O8. The Kier molecular flexibility index (Phi) is 6.74. The maximum Gasteiger partial charge on any atom is 0.269 e. The number of ketones is 1. The molecule has 3 aromatic carbocycles. The largest absolute Gasteiger partial charge is 0.507 e. The zero-order valence-electron chi connectivity index (χ0n) is 18.9. The molecule has 0 saturated carbocycles. The van der Waals surface area contributed by atoms with Gasteiger partial charge in [0.2, 0.25) is 0 Å². The Morgan fingerprint density at radius 1 is 1.11 bits per heavy atom. The Hall–Kier alpha value is -4.31. The lowest BCUT2D eigenvalue weighted by Crippen LogP contribution is -2.22. The lowest BCUT2D eigenvalue weighted by atomic mass is 9.93. The number of benzene rings is 3. The molecule has 10 nitrogen and oxygen atoms in total. The third kappa shape index (κ3) is 4.97. The lowest BCUT2D eigenvalue weighted by Gasteiger charge is -2.27. The summed E-state index contributed by atoms with van der Waals surface area (Å²) in [6.07, 6.45) is -0.177. The number of hydrogen-bond donors (Lipinski definition) is 4. The molecule has 1 atom stereocenters. The predicted molar refractivity (Wildman–Crippen MR) is 125 cm³/mol. The van der Waals surface area contributed by atoms with Crippen molar-refractivity contribution in [2.45, 2.75) is 25.5 Å². The molecule has 0 saturated heterocycles. The normalized spacial score (nSPS) is 14.8. The Morgan fingerprint density at radius 3 is 2.51 bits per heavy atom. The van der Waals surface area contributed by atoms with E-state index in [2.05, 4.69) is 5.32 Å².